The van der Waals surface area contributed by atoms with E-state index in [1.54, 1.807) is 17.4 Å². The van der Waals surface area contributed by atoms with Gasteiger partial charge in [0.2, 0.25) is 5.91 Å². The molecule has 0 atom stereocenters. The van der Waals surface area contributed by atoms with Crippen molar-refractivity contribution in [3.05, 3.63) is 68.1 Å². The lowest BCUT2D eigenvalue weighted by Crippen LogP contribution is -2.13. The van der Waals surface area contributed by atoms with Gasteiger partial charge in [0.15, 0.2) is 0 Å². The highest BCUT2D eigenvalue weighted by atomic mass is 32.1. The smallest absolute Gasteiger partial charge is 0.251 e. The third-order valence-electron chi connectivity index (χ3n) is 4.29. The molecule has 0 bridgehead atoms. The summed E-state index contributed by atoms with van der Waals surface area (Å²) >= 11 is 1.58. The maximum Gasteiger partial charge on any atom is 0.251 e. The molecule has 1 aliphatic carbocycles. The van der Waals surface area contributed by atoms with Crippen molar-refractivity contribution in [3.8, 4) is 0 Å². The Hall–Kier alpha value is -2.66. The van der Waals surface area contributed by atoms with Gasteiger partial charge in [-0.1, -0.05) is 12.1 Å². The maximum absolute atomic E-state index is 12.1. The van der Waals surface area contributed by atoms with E-state index < -0.39 is 0 Å². The summed E-state index contributed by atoms with van der Waals surface area (Å²) in [6, 6.07) is 9.59. The number of thiophene rings is 1. The van der Waals surface area contributed by atoms with E-state index in [1.165, 1.54) is 6.08 Å². The van der Waals surface area contributed by atoms with Gasteiger partial charge in [0.25, 0.3) is 5.56 Å². The molecule has 0 radical (unpaired) electrons. The highest BCUT2D eigenvalue weighted by Gasteiger charge is 2.17. The van der Waals surface area contributed by atoms with Crippen LogP contribution in [0.5, 0.6) is 0 Å². The van der Waals surface area contributed by atoms with Gasteiger partial charge in [-0.3, -0.25) is 9.59 Å². The zero-order valence-electron chi connectivity index (χ0n) is 13.0. The molecule has 2 heterocycles. The molecule has 0 saturated heterocycles. The fourth-order valence-electron chi connectivity index (χ4n) is 3.21. The van der Waals surface area contributed by atoms with Crippen LogP contribution >= 0.6 is 11.3 Å². The largest absolute Gasteiger partial charge is 0.322 e. The topological polar surface area (TPSA) is 62.0 Å². The third-order valence-corrected chi connectivity index (χ3v) is 5.13. The Morgan fingerprint density at radius 2 is 2.08 bits per heavy atom. The quantitative estimate of drug-likeness (QED) is 0.716. The summed E-state index contributed by atoms with van der Waals surface area (Å²) in [5.74, 6) is -0.189. The van der Waals surface area contributed by atoms with E-state index in [2.05, 4.69) is 10.3 Å². The fraction of sp³-hybridized carbons (Fsp3) is 0.158. The Morgan fingerprint density at radius 1 is 1.21 bits per heavy atom. The van der Waals surface area contributed by atoms with E-state index in [0.29, 0.717) is 5.69 Å². The summed E-state index contributed by atoms with van der Waals surface area (Å²) < 4.78 is 0. The number of amides is 1. The highest BCUT2D eigenvalue weighted by Crippen LogP contribution is 2.27. The minimum absolute atomic E-state index is 0.00364. The van der Waals surface area contributed by atoms with Crippen molar-refractivity contribution in [2.45, 2.75) is 19.3 Å². The number of anilines is 1. The van der Waals surface area contributed by atoms with E-state index in [0.717, 1.165) is 46.2 Å². The molecule has 2 N–H and O–H groups in total. The number of aryl methyl sites for hydroxylation is 1. The Kier molecular flexibility index (Phi) is 3.78. The van der Waals surface area contributed by atoms with E-state index in [4.69, 9.17) is 0 Å². The number of carbonyl (C=O) groups is 1. The van der Waals surface area contributed by atoms with Gasteiger partial charge < -0.3 is 10.3 Å². The molecule has 1 aliphatic rings. The summed E-state index contributed by atoms with van der Waals surface area (Å²) in [6.45, 7) is 0. The number of carbonyl (C=O) groups excluding carboxylic acids is 1. The van der Waals surface area contributed by atoms with Gasteiger partial charge in [0, 0.05) is 27.6 Å². The van der Waals surface area contributed by atoms with E-state index in [1.807, 2.05) is 35.7 Å². The van der Waals surface area contributed by atoms with Crippen molar-refractivity contribution in [1.82, 2.24) is 4.98 Å². The molecule has 5 heteroatoms. The van der Waals surface area contributed by atoms with E-state index in [9.17, 15) is 9.59 Å². The van der Waals surface area contributed by atoms with Crippen molar-refractivity contribution in [3.63, 3.8) is 0 Å². The lowest BCUT2D eigenvalue weighted by molar-refractivity contribution is -0.111. The van der Waals surface area contributed by atoms with Crippen LogP contribution in [0.15, 0.2) is 46.6 Å². The number of hydrogen-bond donors (Lipinski definition) is 2. The summed E-state index contributed by atoms with van der Waals surface area (Å²) in [7, 11) is 0. The van der Waals surface area contributed by atoms with Crippen LogP contribution in [-0.2, 0) is 17.6 Å². The van der Waals surface area contributed by atoms with Crippen molar-refractivity contribution >= 4 is 39.9 Å². The average Bonchev–Trinajstić information content (AvgIpc) is 3.25. The van der Waals surface area contributed by atoms with Gasteiger partial charge in [-0.25, -0.2) is 0 Å². The Bertz CT molecular complexity index is 1000. The van der Waals surface area contributed by atoms with Crippen LogP contribution in [0.4, 0.5) is 5.69 Å². The summed E-state index contributed by atoms with van der Waals surface area (Å²) in [5, 5.41) is 5.89. The van der Waals surface area contributed by atoms with Crippen LogP contribution in [0.2, 0.25) is 0 Å². The SMILES string of the molecule is O=C(/C=C\c1cccs1)Nc1ccc2c3c(c(=O)[nH]c2c1)CCC3. The summed E-state index contributed by atoms with van der Waals surface area (Å²) in [5.41, 5.74) is 3.52. The molecule has 0 spiro atoms. The van der Waals surface area contributed by atoms with Gasteiger partial charge in [0.05, 0.1) is 5.52 Å². The predicted octanol–water partition coefficient (Wildman–Crippen LogP) is 3.73. The second kappa shape index (κ2) is 6.09. The molecule has 1 aromatic carbocycles. The molecule has 24 heavy (non-hydrogen) atoms. The second-order valence-corrected chi connectivity index (χ2v) is 6.84. The van der Waals surface area contributed by atoms with Gasteiger partial charge in [0.1, 0.15) is 0 Å². The van der Waals surface area contributed by atoms with E-state index in [-0.39, 0.29) is 11.5 Å². The van der Waals surface area contributed by atoms with Gasteiger partial charge in [-0.05, 0) is 54.5 Å². The van der Waals surface area contributed by atoms with Crippen LogP contribution in [0.3, 0.4) is 0 Å². The molecule has 3 aromatic rings. The number of pyridine rings is 1. The molecular formula is C19H16N2O2S. The summed E-state index contributed by atoms with van der Waals surface area (Å²) in [4.78, 5) is 28.1. The molecule has 0 aliphatic heterocycles. The number of hydrogen-bond acceptors (Lipinski definition) is 3. The number of rotatable bonds is 3. The van der Waals surface area contributed by atoms with Crippen molar-refractivity contribution in [1.29, 1.82) is 0 Å². The Labute approximate surface area is 142 Å². The van der Waals surface area contributed by atoms with Crippen LogP contribution in [0.25, 0.3) is 17.0 Å². The molecule has 0 saturated carbocycles. The number of H-pyrrole nitrogens is 1. The third kappa shape index (κ3) is 2.78. The maximum atomic E-state index is 12.1. The number of nitrogens with one attached hydrogen (secondary N) is 2. The number of aromatic nitrogens is 1. The average molecular weight is 336 g/mol. The molecule has 2 aromatic heterocycles. The summed E-state index contributed by atoms with van der Waals surface area (Å²) in [6.07, 6.45) is 6.14. The molecule has 1 amide bonds. The molecule has 0 fully saturated rings. The Morgan fingerprint density at radius 3 is 2.92 bits per heavy atom. The predicted molar refractivity (Wildman–Crippen MR) is 98.6 cm³/mol. The van der Waals surface area contributed by atoms with Crippen LogP contribution in [-0.4, -0.2) is 10.9 Å². The standard InChI is InChI=1S/C19H16N2O2S/c22-18(9-7-13-3-2-10-24-13)20-12-6-8-15-14-4-1-5-16(14)19(23)21-17(15)11-12/h2-3,6-11H,1,4-5H2,(H,20,22)(H,21,23)/b9-7-. The minimum atomic E-state index is -0.189. The molecular weight excluding hydrogens is 320 g/mol. The number of benzene rings is 1. The van der Waals surface area contributed by atoms with Crippen LogP contribution in [0.1, 0.15) is 22.4 Å². The molecule has 0 unspecified atom stereocenters. The zero-order chi connectivity index (χ0) is 16.5. The monoisotopic (exact) mass is 336 g/mol. The zero-order valence-corrected chi connectivity index (χ0v) is 13.8. The highest BCUT2D eigenvalue weighted by molar-refractivity contribution is 7.10. The van der Waals surface area contributed by atoms with E-state index >= 15 is 0 Å². The number of fused-ring (bicyclic) bond motifs is 3. The molecule has 4 nitrogen and oxygen atoms in total. The minimum Gasteiger partial charge on any atom is -0.322 e. The lowest BCUT2D eigenvalue weighted by atomic mass is 10.1. The number of aromatic amines is 1. The fourth-order valence-corrected chi connectivity index (χ4v) is 3.82. The first kappa shape index (κ1) is 14.9. The first-order valence-electron chi connectivity index (χ1n) is 7.91. The van der Waals surface area contributed by atoms with Crippen molar-refractivity contribution in [2.75, 3.05) is 5.32 Å². The van der Waals surface area contributed by atoms with Crippen molar-refractivity contribution < 1.29 is 4.79 Å². The van der Waals surface area contributed by atoms with Crippen LogP contribution < -0.4 is 10.9 Å². The second-order valence-electron chi connectivity index (χ2n) is 5.86. The molecule has 120 valence electrons. The first-order chi connectivity index (χ1) is 11.7. The lowest BCUT2D eigenvalue weighted by Gasteiger charge is -2.08. The van der Waals surface area contributed by atoms with Gasteiger partial charge >= 0.3 is 0 Å². The van der Waals surface area contributed by atoms with Crippen molar-refractivity contribution in [2.24, 2.45) is 0 Å². The Balaban J connectivity index is 1.60. The molecule has 4 rings (SSSR count). The normalized spacial score (nSPS) is 13.5. The van der Waals surface area contributed by atoms with Gasteiger partial charge in [-0.15, -0.1) is 11.3 Å². The van der Waals surface area contributed by atoms with Crippen LogP contribution in [0, 0.1) is 0 Å². The first-order valence-corrected chi connectivity index (χ1v) is 8.79. The van der Waals surface area contributed by atoms with Gasteiger partial charge in [-0.2, -0.15) is 0 Å².